The third kappa shape index (κ3) is 4.70. The number of benzene rings is 1. The zero-order valence-electron chi connectivity index (χ0n) is 12.8. The van der Waals surface area contributed by atoms with Crippen molar-refractivity contribution in [3.05, 3.63) is 53.3 Å². The van der Waals surface area contributed by atoms with Crippen LogP contribution in [0, 0.1) is 0 Å². The van der Waals surface area contributed by atoms with Crippen molar-refractivity contribution in [3.63, 3.8) is 0 Å². The molecular formula is C16H20ClF3N2. The summed E-state index contributed by atoms with van der Waals surface area (Å²) in [5.74, 6) is 0. The fourth-order valence-electron chi connectivity index (χ4n) is 2.02. The second-order valence-electron chi connectivity index (χ2n) is 5.05. The van der Waals surface area contributed by atoms with E-state index in [1.54, 1.807) is 6.07 Å². The van der Waals surface area contributed by atoms with Gasteiger partial charge in [0.05, 0.1) is 17.1 Å². The van der Waals surface area contributed by atoms with Crippen LogP contribution in [0.1, 0.15) is 26.3 Å². The van der Waals surface area contributed by atoms with Crippen molar-refractivity contribution in [2.24, 2.45) is 0 Å². The van der Waals surface area contributed by atoms with Crippen molar-refractivity contribution in [1.82, 2.24) is 5.32 Å². The van der Waals surface area contributed by atoms with E-state index < -0.39 is 11.7 Å². The molecule has 0 aliphatic rings. The summed E-state index contributed by atoms with van der Waals surface area (Å²) in [6.45, 7) is 9.73. The highest BCUT2D eigenvalue weighted by Gasteiger charge is 2.34. The summed E-state index contributed by atoms with van der Waals surface area (Å²) in [6.07, 6.45) is -1.08. The second-order valence-corrected chi connectivity index (χ2v) is 5.45. The predicted molar refractivity (Wildman–Crippen MR) is 86.0 cm³/mol. The van der Waals surface area contributed by atoms with Gasteiger partial charge < -0.3 is 10.2 Å². The molecule has 1 rings (SSSR count). The Morgan fingerprint density at radius 2 is 2.05 bits per heavy atom. The van der Waals surface area contributed by atoms with Gasteiger partial charge in [-0.2, -0.15) is 13.2 Å². The monoisotopic (exact) mass is 332 g/mol. The minimum absolute atomic E-state index is 0.0174. The van der Waals surface area contributed by atoms with Crippen molar-refractivity contribution in [3.8, 4) is 0 Å². The number of nitrogens with one attached hydrogen (secondary N) is 1. The first-order valence-corrected chi connectivity index (χ1v) is 7.24. The highest BCUT2D eigenvalue weighted by Crippen LogP contribution is 2.37. The number of halogens is 4. The third-order valence-electron chi connectivity index (χ3n) is 3.19. The lowest BCUT2D eigenvalue weighted by atomic mass is 10.1. The molecule has 1 aromatic carbocycles. The lowest BCUT2D eigenvalue weighted by molar-refractivity contribution is -0.137. The number of hydrogen-bond donors (Lipinski definition) is 1. The Balaban J connectivity index is 3.20. The summed E-state index contributed by atoms with van der Waals surface area (Å²) in [5.41, 5.74) is 0.500. The average Bonchev–Trinajstić information content (AvgIpc) is 2.42. The van der Waals surface area contributed by atoms with E-state index in [0.717, 1.165) is 11.8 Å². The molecule has 0 bridgehead atoms. The molecule has 0 radical (unpaired) electrons. The number of nitrogens with zero attached hydrogens (tertiary/aromatic N) is 1. The van der Waals surface area contributed by atoms with Crippen molar-refractivity contribution < 1.29 is 13.2 Å². The minimum atomic E-state index is -4.47. The maximum Gasteiger partial charge on any atom is 0.417 e. The number of allylic oxidation sites excluding steroid dienone is 1. The van der Waals surface area contributed by atoms with Gasteiger partial charge >= 0.3 is 6.18 Å². The van der Waals surface area contributed by atoms with Gasteiger partial charge in [0.25, 0.3) is 0 Å². The maximum atomic E-state index is 13.0. The van der Waals surface area contributed by atoms with E-state index in [-0.39, 0.29) is 11.1 Å². The Kier molecular flexibility index (Phi) is 6.35. The van der Waals surface area contributed by atoms with Crippen LogP contribution in [0.4, 0.5) is 18.9 Å². The Morgan fingerprint density at radius 3 is 2.50 bits per heavy atom. The van der Waals surface area contributed by atoms with E-state index in [1.807, 2.05) is 31.7 Å². The summed E-state index contributed by atoms with van der Waals surface area (Å²) >= 11 is 5.67. The molecule has 1 N–H and O–H groups in total. The smallest absolute Gasteiger partial charge is 0.364 e. The maximum absolute atomic E-state index is 13.0. The number of alkyl halides is 3. The molecule has 0 atom stereocenters. The fraction of sp³-hybridized carbons (Fsp3) is 0.375. The molecule has 0 amide bonds. The molecule has 0 fully saturated rings. The van der Waals surface area contributed by atoms with E-state index in [9.17, 15) is 13.2 Å². The summed E-state index contributed by atoms with van der Waals surface area (Å²) in [6, 6.07) is 3.98. The van der Waals surface area contributed by atoms with Gasteiger partial charge in [-0.25, -0.2) is 0 Å². The number of hydrogen-bond acceptors (Lipinski definition) is 2. The molecule has 0 unspecified atom stereocenters. The molecule has 22 heavy (non-hydrogen) atoms. The Morgan fingerprint density at radius 1 is 1.41 bits per heavy atom. The Bertz CT molecular complexity index is 551. The van der Waals surface area contributed by atoms with Crippen LogP contribution in [-0.2, 0) is 6.18 Å². The van der Waals surface area contributed by atoms with Gasteiger partial charge in [0.2, 0.25) is 0 Å². The largest absolute Gasteiger partial charge is 0.417 e. The van der Waals surface area contributed by atoms with Gasteiger partial charge in [0.1, 0.15) is 0 Å². The van der Waals surface area contributed by atoms with Crippen LogP contribution in [0.25, 0.3) is 0 Å². The van der Waals surface area contributed by atoms with Crippen molar-refractivity contribution in [2.45, 2.75) is 33.0 Å². The first-order valence-electron chi connectivity index (χ1n) is 6.86. The predicted octanol–water partition coefficient (Wildman–Crippen LogP) is 5.21. The molecule has 0 aliphatic carbocycles. The number of rotatable bonds is 6. The SMILES string of the molecule is C=CN/C(=C\C)CN(c1ccc(Cl)c(C(F)(F)F)c1)C(C)C. The van der Waals surface area contributed by atoms with Crippen molar-refractivity contribution >= 4 is 17.3 Å². The number of anilines is 1. The molecule has 2 nitrogen and oxygen atoms in total. The molecule has 0 spiro atoms. The van der Waals surface area contributed by atoms with Gasteiger partial charge in [0, 0.05) is 17.4 Å². The van der Waals surface area contributed by atoms with Crippen molar-refractivity contribution in [1.29, 1.82) is 0 Å². The van der Waals surface area contributed by atoms with Gasteiger partial charge in [-0.15, -0.1) is 0 Å². The molecule has 0 heterocycles. The minimum Gasteiger partial charge on any atom is -0.364 e. The summed E-state index contributed by atoms with van der Waals surface area (Å²) in [5, 5.41) is 2.68. The van der Waals surface area contributed by atoms with Crippen LogP contribution in [0.5, 0.6) is 0 Å². The van der Waals surface area contributed by atoms with E-state index >= 15 is 0 Å². The van der Waals surface area contributed by atoms with Crippen LogP contribution in [-0.4, -0.2) is 12.6 Å². The fourth-order valence-corrected chi connectivity index (χ4v) is 2.24. The van der Waals surface area contributed by atoms with Crippen LogP contribution in [0.15, 0.2) is 42.8 Å². The van der Waals surface area contributed by atoms with E-state index in [0.29, 0.717) is 12.2 Å². The normalized spacial score (nSPS) is 12.5. The van der Waals surface area contributed by atoms with Gasteiger partial charge in [-0.3, -0.25) is 0 Å². The Labute approximate surface area is 134 Å². The standard InChI is InChI=1S/C16H20ClF3N2/c1-5-12(21-6-2)10-22(11(3)4)13-7-8-15(17)14(9-13)16(18,19)20/h5-9,11,21H,2,10H2,1,3-4H3/b12-5-. The van der Waals surface area contributed by atoms with Crippen LogP contribution < -0.4 is 10.2 Å². The molecular weight excluding hydrogens is 313 g/mol. The first-order chi connectivity index (χ1) is 10.2. The third-order valence-corrected chi connectivity index (χ3v) is 3.52. The lowest BCUT2D eigenvalue weighted by Gasteiger charge is -2.30. The molecule has 122 valence electrons. The topological polar surface area (TPSA) is 15.3 Å². The molecule has 0 aromatic heterocycles. The first kappa shape index (κ1) is 18.4. The van der Waals surface area contributed by atoms with Crippen LogP contribution in [0.2, 0.25) is 5.02 Å². The lowest BCUT2D eigenvalue weighted by Crippen LogP contribution is -2.35. The van der Waals surface area contributed by atoms with Crippen LogP contribution >= 0.6 is 11.6 Å². The molecule has 6 heteroatoms. The quantitative estimate of drug-likeness (QED) is 0.769. The summed E-state index contributed by atoms with van der Waals surface area (Å²) in [4.78, 5) is 1.86. The van der Waals surface area contributed by atoms with Crippen LogP contribution in [0.3, 0.4) is 0 Å². The molecule has 0 saturated heterocycles. The zero-order chi connectivity index (χ0) is 16.9. The van der Waals surface area contributed by atoms with Gasteiger partial charge in [0.15, 0.2) is 0 Å². The molecule has 0 saturated carbocycles. The highest BCUT2D eigenvalue weighted by atomic mass is 35.5. The highest BCUT2D eigenvalue weighted by molar-refractivity contribution is 6.31. The average molecular weight is 333 g/mol. The summed E-state index contributed by atoms with van der Waals surface area (Å²) < 4.78 is 39.0. The molecule has 0 aliphatic heterocycles. The van der Waals surface area contributed by atoms with E-state index in [4.69, 9.17) is 11.6 Å². The second kappa shape index (κ2) is 7.58. The van der Waals surface area contributed by atoms with Gasteiger partial charge in [-0.1, -0.05) is 24.3 Å². The Hall–Kier alpha value is -1.62. The van der Waals surface area contributed by atoms with E-state index in [2.05, 4.69) is 11.9 Å². The van der Waals surface area contributed by atoms with E-state index in [1.165, 1.54) is 12.3 Å². The zero-order valence-corrected chi connectivity index (χ0v) is 13.6. The van der Waals surface area contributed by atoms with Gasteiger partial charge in [-0.05, 0) is 45.2 Å². The molecule has 1 aromatic rings. The van der Waals surface area contributed by atoms with Crippen molar-refractivity contribution in [2.75, 3.05) is 11.4 Å². The summed E-state index contributed by atoms with van der Waals surface area (Å²) in [7, 11) is 0.